The quantitative estimate of drug-likeness (QED) is 0.883. The first-order valence-corrected chi connectivity index (χ1v) is 8.90. The van der Waals surface area contributed by atoms with Gasteiger partial charge in [-0.1, -0.05) is 19.1 Å². The first-order chi connectivity index (χ1) is 9.94. The highest BCUT2D eigenvalue weighted by molar-refractivity contribution is 7.91. The Hall–Kier alpha value is -1.40. The Kier molecular flexibility index (Phi) is 5.00. The summed E-state index contributed by atoms with van der Waals surface area (Å²) in [5, 5.41) is 12.3. The zero-order chi connectivity index (χ0) is 15.5. The Balaban J connectivity index is 2.17. The van der Waals surface area contributed by atoms with Crippen LogP contribution in [0.2, 0.25) is 0 Å². The van der Waals surface area contributed by atoms with Crippen molar-refractivity contribution in [1.29, 1.82) is 0 Å². The number of sulfone groups is 1. The van der Waals surface area contributed by atoms with Crippen molar-refractivity contribution in [2.75, 3.05) is 5.75 Å². The Bertz CT molecular complexity index is 604. The molecule has 0 unspecified atom stereocenters. The van der Waals surface area contributed by atoms with Gasteiger partial charge in [0.2, 0.25) is 0 Å². The lowest BCUT2D eigenvalue weighted by Crippen LogP contribution is -2.39. The van der Waals surface area contributed by atoms with Crippen LogP contribution in [0.15, 0.2) is 29.2 Å². The predicted molar refractivity (Wildman–Crippen MR) is 79.9 cm³/mol. The SMILES string of the molecule is CCS(=O)(=O)c1ccccc1C(=O)NC1CCC(O)CC1. The summed E-state index contributed by atoms with van der Waals surface area (Å²) >= 11 is 0. The molecule has 0 radical (unpaired) electrons. The molecule has 0 aromatic heterocycles. The molecule has 0 atom stereocenters. The zero-order valence-corrected chi connectivity index (χ0v) is 12.9. The molecule has 2 N–H and O–H groups in total. The van der Waals surface area contributed by atoms with Crippen molar-refractivity contribution < 1.29 is 18.3 Å². The van der Waals surface area contributed by atoms with Crippen molar-refractivity contribution in [1.82, 2.24) is 5.32 Å². The third-order valence-corrected chi connectivity index (χ3v) is 5.66. The van der Waals surface area contributed by atoms with Crippen molar-refractivity contribution in [2.24, 2.45) is 0 Å². The minimum Gasteiger partial charge on any atom is -0.393 e. The van der Waals surface area contributed by atoms with E-state index in [1.54, 1.807) is 19.1 Å². The van der Waals surface area contributed by atoms with Gasteiger partial charge in [-0.2, -0.15) is 0 Å². The van der Waals surface area contributed by atoms with Crippen molar-refractivity contribution in [3.63, 3.8) is 0 Å². The molecule has 21 heavy (non-hydrogen) atoms. The summed E-state index contributed by atoms with van der Waals surface area (Å²) in [6.07, 6.45) is 2.48. The van der Waals surface area contributed by atoms with Gasteiger partial charge < -0.3 is 10.4 Å². The lowest BCUT2D eigenvalue weighted by molar-refractivity contribution is 0.0864. The van der Waals surface area contributed by atoms with Crippen molar-refractivity contribution >= 4 is 15.7 Å². The molecule has 1 saturated carbocycles. The molecule has 0 bridgehead atoms. The van der Waals surface area contributed by atoms with Gasteiger partial charge in [-0.3, -0.25) is 4.79 Å². The molecule has 1 aromatic carbocycles. The first kappa shape index (κ1) is 16.0. The van der Waals surface area contributed by atoms with Gasteiger partial charge in [0.15, 0.2) is 9.84 Å². The van der Waals surface area contributed by atoms with E-state index < -0.39 is 9.84 Å². The molecular formula is C15H21NO4S. The fraction of sp³-hybridized carbons (Fsp3) is 0.533. The Morgan fingerprint density at radius 3 is 2.48 bits per heavy atom. The summed E-state index contributed by atoms with van der Waals surface area (Å²) < 4.78 is 24.1. The van der Waals surface area contributed by atoms with Gasteiger partial charge in [0.1, 0.15) is 0 Å². The van der Waals surface area contributed by atoms with Gasteiger partial charge >= 0.3 is 0 Å². The topological polar surface area (TPSA) is 83.5 Å². The fourth-order valence-corrected chi connectivity index (χ4v) is 3.66. The number of aliphatic hydroxyl groups is 1. The molecule has 1 fully saturated rings. The molecule has 2 rings (SSSR count). The second-order valence-electron chi connectivity index (χ2n) is 5.38. The summed E-state index contributed by atoms with van der Waals surface area (Å²) in [5.74, 6) is -0.392. The third-order valence-electron chi connectivity index (χ3n) is 3.88. The molecule has 0 spiro atoms. The molecule has 0 aliphatic heterocycles. The number of amides is 1. The number of carbonyl (C=O) groups is 1. The first-order valence-electron chi connectivity index (χ1n) is 7.24. The van der Waals surface area contributed by atoms with Crippen molar-refractivity contribution in [3.8, 4) is 0 Å². The average Bonchev–Trinajstić information content (AvgIpc) is 2.49. The van der Waals surface area contributed by atoms with E-state index in [0.717, 1.165) is 12.8 Å². The fourth-order valence-electron chi connectivity index (χ4n) is 2.56. The van der Waals surface area contributed by atoms with Gasteiger partial charge in [-0.15, -0.1) is 0 Å². The van der Waals surface area contributed by atoms with E-state index in [2.05, 4.69) is 5.32 Å². The van der Waals surface area contributed by atoms with Crippen LogP contribution in [0.1, 0.15) is 43.0 Å². The number of carbonyl (C=O) groups excluding carboxylic acids is 1. The number of nitrogens with one attached hydrogen (secondary N) is 1. The van der Waals surface area contributed by atoms with Gasteiger partial charge in [0.05, 0.1) is 22.3 Å². The van der Waals surface area contributed by atoms with E-state index in [1.165, 1.54) is 12.1 Å². The Morgan fingerprint density at radius 1 is 1.24 bits per heavy atom. The summed E-state index contributed by atoms with van der Waals surface area (Å²) in [6, 6.07) is 6.29. The molecule has 0 heterocycles. The zero-order valence-electron chi connectivity index (χ0n) is 12.1. The van der Waals surface area contributed by atoms with Crippen molar-refractivity contribution in [2.45, 2.75) is 49.6 Å². The van der Waals surface area contributed by atoms with Crippen LogP contribution in [0.25, 0.3) is 0 Å². The van der Waals surface area contributed by atoms with E-state index in [-0.39, 0.29) is 34.3 Å². The second kappa shape index (κ2) is 6.58. The van der Waals surface area contributed by atoms with Gasteiger partial charge in [0, 0.05) is 6.04 Å². The summed E-state index contributed by atoms with van der Waals surface area (Å²) in [4.78, 5) is 12.4. The maximum atomic E-state index is 12.3. The van der Waals surface area contributed by atoms with Crippen molar-refractivity contribution in [3.05, 3.63) is 29.8 Å². The second-order valence-corrected chi connectivity index (χ2v) is 7.63. The number of rotatable bonds is 4. The predicted octanol–water partition coefficient (Wildman–Crippen LogP) is 1.51. The number of aliphatic hydroxyl groups excluding tert-OH is 1. The van der Waals surface area contributed by atoms with E-state index in [0.29, 0.717) is 12.8 Å². The summed E-state index contributed by atoms with van der Waals surface area (Å²) in [7, 11) is -3.42. The van der Waals surface area contributed by atoms with Crippen LogP contribution in [0.5, 0.6) is 0 Å². The third kappa shape index (κ3) is 3.83. The Morgan fingerprint density at radius 2 is 1.86 bits per heavy atom. The molecule has 1 amide bonds. The van der Waals surface area contributed by atoms with E-state index in [1.807, 2.05) is 0 Å². The van der Waals surface area contributed by atoms with Crippen LogP contribution in [-0.4, -0.2) is 37.3 Å². The molecule has 1 aromatic rings. The molecule has 1 aliphatic rings. The maximum Gasteiger partial charge on any atom is 0.252 e. The van der Waals surface area contributed by atoms with Gasteiger partial charge in [0.25, 0.3) is 5.91 Å². The maximum absolute atomic E-state index is 12.3. The molecule has 116 valence electrons. The lowest BCUT2D eigenvalue weighted by atomic mass is 9.93. The van der Waals surface area contributed by atoms with Crippen LogP contribution in [0.4, 0.5) is 0 Å². The number of hydrogen-bond donors (Lipinski definition) is 2. The molecule has 1 aliphatic carbocycles. The Labute approximate surface area is 125 Å². The number of benzene rings is 1. The van der Waals surface area contributed by atoms with Crippen LogP contribution >= 0.6 is 0 Å². The van der Waals surface area contributed by atoms with E-state index in [4.69, 9.17) is 0 Å². The van der Waals surface area contributed by atoms with Gasteiger partial charge in [-0.05, 0) is 37.8 Å². The van der Waals surface area contributed by atoms with Crippen LogP contribution < -0.4 is 5.32 Å². The van der Waals surface area contributed by atoms with E-state index in [9.17, 15) is 18.3 Å². The lowest BCUT2D eigenvalue weighted by Gasteiger charge is -2.26. The molecule has 5 nitrogen and oxygen atoms in total. The average molecular weight is 311 g/mol. The number of hydrogen-bond acceptors (Lipinski definition) is 4. The normalized spacial score (nSPS) is 22.8. The molecule has 0 saturated heterocycles. The highest BCUT2D eigenvalue weighted by Gasteiger charge is 2.24. The largest absolute Gasteiger partial charge is 0.393 e. The molecular weight excluding hydrogens is 290 g/mol. The monoisotopic (exact) mass is 311 g/mol. The van der Waals surface area contributed by atoms with Gasteiger partial charge in [-0.25, -0.2) is 8.42 Å². The smallest absolute Gasteiger partial charge is 0.252 e. The summed E-state index contributed by atoms with van der Waals surface area (Å²) in [5.41, 5.74) is 0.200. The van der Waals surface area contributed by atoms with Crippen LogP contribution in [0.3, 0.4) is 0 Å². The minimum absolute atomic E-state index is 0.00159. The standard InChI is InChI=1S/C15H21NO4S/c1-2-21(19,20)14-6-4-3-5-13(14)15(18)16-11-7-9-12(17)10-8-11/h3-6,11-12,17H,2,7-10H2,1H3,(H,16,18). The van der Waals surface area contributed by atoms with Crippen LogP contribution in [-0.2, 0) is 9.84 Å². The van der Waals surface area contributed by atoms with E-state index >= 15 is 0 Å². The highest BCUT2D eigenvalue weighted by atomic mass is 32.2. The molecule has 6 heteroatoms. The minimum atomic E-state index is -3.42. The summed E-state index contributed by atoms with van der Waals surface area (Å²) in [6.45, 7) is 1.56. The highest BCUT2D eigenvalue weighted by Crippen LogP contribution is 2.21. The van der Waals surface area contributed by atoms with Crippen LogP contribution in [0, 0.1) is 0 Å².